The fourth-order valence-corrected chi connectivity index (χ4v) is 3.68. The van der Waals surface area contributed by atoms with Gasteiger partial charge >= 0.3 is 5.97 Å². The largest absolute Gasteiger partial charge is 0.478 e. The molecule has 3 rings (SSSR count). The van der Waals surface area contributed by atoms with E-state index in [0.717, 1.165) is 10.1 Å². The quantitative estimate of drug-likeness (QED) is 0.744. The molecule has 3 nitrogen and oxygen atoms in total. The van der Waals surface area contributed by atoms with Crippen LogP contribution in [0.25, 0.3) is 10.1 Å². The molecule has 0 saturated heterocycles. The molecule has 94 valence electrons. The van der Waals surface area contributed by atoms with Crippen LogP contribution < -0.4 is 0 Å². The molecule has 19 heavy (non-hydrogen) atoms. The molecule has 0 spiro atoms. The third-order valence-electron chi connectivity index (χ3n) is 2.86. The zero-order valence-electron chi connectivity index (χ0n) is 9.62. The van der Waals surface area contributed by atoms with Gasteiger partial charge in [-0.15, -0.1) is 11.3 Å². The summed E-state index contributed by atoms with van der Waals surface area (Å²) in [5, 5.41) is 14.8. The highest BCUT2D eigenvalue weighted by atomic mass is 32.1. The molecule has 0 bridgehead atoms. The zero-order valence-corrected chi connectivity index (χ0v) is 11.3. The minimum atomic E-state index is -1.07. The number of rotatable bonds is 3. The summed E-state index contributed by atoms with van der Waals surface area (Å²) >= 11 is 2.72. The maximum atomic E-state index is 12.5. The molecule has 1 N–H and O–H groups in total. The van der Waals surface area contributed by atoms with Crippen molar-refractivity contribution >= 4 is 44.5 Å². The van der Waals surface area contributed by atoms with Crippen molar-refractivity contribution in [3.63, 3.8) is 0 Å². The number of aromatic carboxylic acids is 1. The predicted molar refractivity (Wildman–Crippen MR) is 76.5 cm³/mol. The molecule has 0 saturated carbocycles. The Morgan fingerprint density at radius 3 is 2.47 bits per heavy atom. The lowest BCUT2D eigenvalue weighted by atomic mass is 10.0. The molecule has 1 aromatic carbocycles. The van der Waals surface area contributed by atoms with Crippen molar-refractivity contribution in [2.45, 2.75) is 0 Å². The van der Waals surface area contributed by atoms with Crippen LogP contribution in [0, 0.1) is 0 Å². The first-order chi connectivity index (χ1) is 9.18. The minimum absolute atomic E-state index is 0.0743. The van der Waals surface area contributed by atoms with Crippen LogP contribution in [0.5, 0.6) is 0 Å². The number of carbonyl (C=O) groups excluding carboxylic acids is 1. The summed E-state index contributed by atoms with van der Waals surface area (Å²) in [6.07, 6.45) is 0. The number of hydrogen-bond donors (Lipinski definition) is 1. The first-order valence-electron chi connectivity index (χ1n) is 5.49. The van der Waals surface area contributed by atoms with Crippen LogP contribution in [0.4, 0.5) is 0 Å². The van der Waals surface area contributed by atoms with Gasteiger partial charge in [0.15, 0.2) is 5.78 Å². The Bertz CT molecular complexity index is 783. The monoisotopic (exact) mass is 288 g/mol. The smallest absolute Gasteiger partial charge is 0.337 e. The number of thiophene rings is 2. The topological polar surface area (TPSA) is 54.4 Å². The van der Waals surface area contributed by atoms with Crippen molar-refractivity contribution in [2.75, 3.05) is 0 Å². The number of carbonyl (C=O) groups is 2. The molecular weight excluding hydrogens is 280 g/mol. The molecule has 0 radical (unpaired) electrons. The maximum Gasteiger partial charge on any atom is 0.337 e. The van der Waals surface area contributed by atoms with Crippen LogP contribution in [0.15, 0.2) is 40.4 Å². The highest BCUT2D eigenvalue weighted by molar-refractivity contribution is 7.17. The number of hydrogen-bond acceptors (Lipinski definition) is 4. The summed E-state index contributed by atoms with van der Waals surface area (Å²) in [7, 11) is 0. The normalized spacial score (nSPS) is 10.7. The van der Waals surface area contributed by atoms with E-state index in [9.17, 15) is 9.59 Å². The summed E-state index contributed by atoms with van der Waals surface area (Å²) < 4.78 is 1.03. The molecule has 0 fully saturated rings. The van der Waals surface area contributed by atoms with Gasteiger partial charge < -0.3 is 5.11 Å². The minimum Gasteiger partial charge on any atom is -0.478 e. The van der Waals surface area contributed by atoms with Crippen LogP contribution in [-0.2, 0) is 0 Å². The van der Waals surface area contributed by atoms with Crippen molar-refractivity contribution in [2.24, 2.45) is 0 Å². The van der Waals surface area contributed by atoms with E-state index in [1.807, 2.05) is 24.3 Å². The van der Waals surface area contributed by atoms with Gasteiger partial charge in [-0.3, -0.25) is 4.79 Å². The Kier molecular flexibility index (Phi) is 2.93. The van der Waals surface area contributed by atoms with E-state index in [1.54, 1.807) is 10.8 Å². The van der Waals surface area contributed by atoms with Crippen molar-refractivity contribution in [1.82, 2.24) is 0 Å². The molecule has 0 aliphatic heterocycles. The Morgan fingerprint density at radius 2 is 1.68 bits per heavy atom. The maximum absolute atomic E-state index is 12.5. The third-order valence-corrected chi connectivity index (χ3v) is 4.57. The van der Waals surface area contributed by atoms with E-state index in [1.165, 1.54) is 28.1 Å². The molecule has 0 aliphatic rings. The standard InChI is InChI=1S/C14H8O3S2/c15-13(9-5-18-6-11(9)14(16)17)10-7-19-12-4-2-1-3-8(10)12/h1-7H,(H,16,17). The second-order valence-electron chi connectivity index (χ2n) is 3.98. The van der Waals surface area contributed by atoms with Crippen molar-refractivity contribution in [3.8, 4) is 0 Å². The average molecular weight is 288 g/mol. The molecule has 2 heterocycles. The lowest BCUT2D eigenvalue weighted by molar-refractivity contribution is 0.0693. The van der Waals surface area contributed by atoms with Gasteiger partial charge in [-0.2, -0.15) is 11.3 Å². The average Bonchev–Trinajstić information content (AvgIpc) is 3.05. The van der Waals surface area contributed by atoms with Gasteiger partial charge in [0.2, 0.25) is 0 Å². The summed E-state index contributed by atoms with van der Waals surface area (Å²) in [5.74, 6) is -1.29. The lowest BCUT2D eigenvalue weighted by Crippen LogP contribution is -2.06. The van der Waals surface area contributed by atoms with E-state index in [4.69, 9.17) is 5.11 Å². The zero-order chi connectivity index (χ0) is 13.4. The fourth-order valence-electron chi connectivity index (χ4n) is 1.94. The Balaban J connectivity index is 2.14. The van der Waals surface area contributed by atoms with Crippen LogP contribution >= 0.6 is 22.7 Å². The van der Waals surface area contributed by atoms with Gasteiger partial charge in [0.05, 0.1) is 5.56 Å². The number of carboxylic acid groups (broad SMARTS) is 1. The number of benzene rings is 1. The summed E-state index contributed by atoms with van der Waals surface area (Å²) in [6, 6.07) is 7.62. The number of fused-ring (bicyclic) bond motifs is 1. The SMILES string of the molecule is O=C(O)c1cscc1C(=O)c1csc2ccccc12. The first kappa shape index (κ1) is 12.1. The van der Waals surface area contributed by atoms with Gasteiger partial charge in [-0.05, 0) is 6.07 Å². The van der Waals surface area contributed by atoms with E-state index in [-0.39, 0.29) is 16.9 Å². The molecule has 2 aromatic heterocycles. The van der Waals surface area contributed by atoms with Crippen LogP contribution in [-0.4, -0.2) is 16.9 Å². The van der Waals surface area contributed by atoms with Crippen LogP contribution in [0.1, 0.15) is 26.3 Å². The molecule has 3 aromatic rings. The molecule has 0 amide bonds. The highest BCUT2D eigenvalue weighted by Crippen LogP contribution is 2.29. The Labute approximate surface area is 116 Å². The molecule has 0 aliphatic carbocycles. The second kappa shape index (κ2) is 4.60. The number of ketones is 1. The first-order valence-corrected chi connectivity index (χ1v) is 7.31. The van der Waals surface area contributed by atoms with Crippen molar-refractivity contribution in [3.05, 3.63) is 57.1 Å². The summed E-state index contributed by atoms with van der Waals surface area (Å²) in [5.41, 5.74) is 0.910. The third kappa shape index (κ3) is 1.97. The molecular formula is C14H8O3S2. The van der Waals surface area contributed by atoms with E-state index < -0.39 is 5.97 Å². The highest BCUT2D eigenvalue weighted by Gasteiger charge is 2.21. The molecule has 5 heteroatoms. The van der Waals surface area contributed by atoms with Gasteiger partial charge in [-0.25, -0.2) is 4.79 Å². The molecule has 0 atom stereocenters. The second-order valence-corrected chi connectivity index (χ2v) is 5.63. The van der Waals surface area contributed by atoms with E-state index in [2.05, 4.69) is 0 Å². The van der Waals surface area contributed by atoms with Crippen molar-refractivity contribution in [1.29, 1.82) is 0 Å². The van der Waals surface area contributed by atoms with Gasteiger partial charge in [0.1, 0.15) is 0 Å². The van der Waals surface area contributed by atoms with Gasteiger partial charge in [0.25, 0.3) is 0 Å². The Morgan fingerprint density at radius 1 is 0.947 bits per heavy atom. The van der Waals surface area contributed by atoms with Gasteiger partial charge in [0, 0.05) is 37.4 Å². The van der Waals surface area contributed by atoms with Crippen molar-refractivity contribution < 1.29 is 14.7 Å². The van der Waals surface area contributed by atoms with Crippen LogP contribution in [0.2, 0.25) is 0 Å². The number of carboxylic acids is 1. The van der Waals surface area contributed by atoms with E-state index in [0.29, 0.717) is 5.56 Å². The predicted octanol–water partition coefficient (Wildman–Crippen LogP) is 3.89. The van der Waals surface area contributed by atoms with Crippen LogP contribution in [0.3, 0.4) is 0 Å². The lowest BCUT2D eigenvalue weighted by Gasteiger charge is -1.99. The van der Waals surface area contributed by atoms with E-state index >= 15 is 0 Å². The Hall–Kier alpha value is -1.98. The summed E-state index contributed by atoms with van der Waals surface area (Å²) in [6.45, 7) is 0. The van der Waals surface area contributed by atoms with Gasteiger partial charge in [-0.1, -0.05) is 18.2 Å². The summed E-state index contributed by atoms with van der Waals surface area (Å²) in [4.78, 5) is 23.5. The fraction of sp³-hybridized carbons (Fsp3) is 0. The molecule has 0 unspecified atom stereocenters.